The zero-order valence-electron chi connectivity index (χ0n) is 12.8. The van der Waals surface area contributed by atoms with Crippen molar-refractivity contribution < 1.29 is 0 Å². The first-order valence-electron chi connectivity index (χ1n) is 7.74. The minimum Gasteiger partial charge on any atom is -0.267 e. The van der Waals surface area contributed by atoms with E-state index in [1.807, 2.05) is 24.3 Å². The quantitative estimate of drug-likeness (QED) is 0.711. The van der Waals surface area contributed by atoms with Crippen LogP contribution in [0.4, 0.5) is 0 Å². The summed E-state index contributed by atoms with van der Waals surface area (Å²) < 4.78 is 1.45. The average Bonchev–Trinajstić information content (AvgIpc) is 2.90. The lowest BCUT2D eigenvalue weighted by molar-refractivity contribution is 0.508. The van der Waals surface area contributed by atoms with Crippen molar-refractivity contribution >= 4 is 33.2 Å². The zero-order valence-corrected chi connectivity index (χ0v) is 14.3. The van der Waals surface area contributed by atoms with Gasteiger partial charge in [-0.1, -0.05) is 35.9 Å². The Morgan fingerprint density at radius 2 is 2.13 bits per heavy atom. The lowest BCUT2D eigenvalue weighted by Crippen LogP contribution is -2.25. The van der Waals surface area contributed by atoms with Gasteiger partial charge in [0, 0.05) is 9.90 Å². The fourth-order valence-corrected chi connectivity index (χ4v) is 4.60. The summed E-state index contributed by atoms with van der Waals surface area (Å²) in [4.78, 5) is 14.9. The summed E-state index contributed by atoms with van der Waals surface area (Å²) in [5, 5.41) is 9.87. The first-order chi connectivity index (χ1) is 11.1. The molecule has 2 heterocycles. The number of thiophene rings is 1. The van der Waals surface area contributed by atoms with Crippen molar-refractivity contribution in [3.63, 3.8) is 0 Å². The van der Waals surface area contributed by atoms with Crippen LogP contribution in [0.2, 0.25) is 5.02 Å². The second-order valence-corrected chi connectivity index (χ2v) is 7.73. The van der Waals surface area contributed by atoms with Gasteiger partial charge in [0.15, 0.2) is 4.83 Å². The Labute approximate surface area is 142 Å². The molecular formula is C17H16ClN3OS. The van der Waals surface area contributed by atoms with Crippen LogP contribution in [0, 0.1) is 5.92 Å². The maximum absolute atomic E-state index is 12.9. The molecule has 1 atom stereocenters. The van der Waals surface area contributed by atoms with Gasteiger partial charge in [-0.2, -0.15) is 0 Å². The predicted molar refractivity (Wildman–Crippen MR) is 93.4 cm³/mol. The largest absolute Gasteiger partial charge is 0.279 e. The standard InChI is InChI=1S/C17H16ClN3OS/c1-10-2-7-13-14(8-10)23-16-15(13)17(22)21(20-19-16)9-11-3-5-12(18)6-4-11/h3-6,10H,2,7-9H2,1H3/t10-/m1/s1. The van der Waals surface area contributed by atoms with Crippen LogP contribution >= 0.6 is 22.9 Å². The van der Waals surface area contributed by atoms with Crippen LogP contribution < -0.4 is 5.56 Å². The van der Waals surface area contributed by atoms with Gasteiger partial charge in [-0.3, -0.25) is 4.79 Å². The fraction of sp³-hybridized carbons (Fsp3) is 0.353. The van der Waals surface area contributed by atoms with E-state index in [2.05, 4.69) is 17.2 Å². The van der Waals surface area contributed by atoms with Gasteiger partial charge < -0.3 is 0 Å². The Morgan fingerprint density at radius 1 is 1.35 bits per heavy atom. The number of nitrogens with zero attached hydrogens (tertiary/aromatic N) is 3. The van der Waals surface area contributed by atoms with Crippen LogP contribution in [-0.2, 0) is 19.4 Å². The van der Waals surface area contributed by atoms with Crippen molar-refractivity contribution in [1.29, 1.82) is 0 Å². The smallest absolute Gasteiger partial charge is 0.267 e. The topological polar surface area (TPSA) is 47.8 Å². The molecule has 0 saturated heterocycles. The number of halogens is 1. The Balaban J connectivity index is 1.78. The van der Waals surface area contributed by atoms with Crippen LogP contribution in [-0.4, -0.2) is 15.0 Å². The fourth-order valence-electron chi connectivity index (χ4n) is 3.16. The minimum absolute atomic E-state index is 0.0306. The third kappa shape index (κ3) is 2.68. The molecule has 6 heteroatoms. The van der Waals surface area contributed by atoms with E-state index in [9.17, 15) is 4.79 Å². The molecular weight excluding hydrogens is 330 g/mol. The highest BCUT2D eigenvalue weighted by atomic mass is 35.5. The number of hydrogen-bond acceptors (Lipinski definition) is 4. The predicted octanol–water partition coefficient (Wildman–Crippen LogP) is 3.68. The van der Waals surface area contributed by atoms with Crippen LogP contribution in [0.3, 0.4) is 0 Å². The van der Waals surface area contributed by atoms with Gasteiger partial charge in [-0.15, -0.1) is 16.4 Å². The third-order valence-electron chi connectivity index (χ3n) is 4.43. The summed E-state index contributed by atoms with van der Waals surface area (Å²) in [6.07, 6.45) is 3.16. The molecule has 4 nitrogen and oxygen atoms in total. The first-order valence-corrected chi connectivity index (χ1v) is 8.94. The molecule has 0 spiro atoms. The van der Waals surface area contributed by atoms with E-state index >= 15 is 0 Å². The molecule has 0 fully saturated rings. The summed E-state index contributed by atoms with van der Waals surface area (Å²) in [5.74, 6) is 0.680. The van der Waals surface area contributed by atoms with E-state index in [0.29, 0.717) is 17.5 Å². The van der Waals surface area contributed by atoms with E-state index in [0.717, 1.165) is 35.0 Å². The molecule has 23 heavy (non-hydrogen) atoms. The normalized spacial score (nSPS) is 17.4. The van der Waals surface area contributed by atoms with Gasteiger partial charge in [0.2, 0.25) is 0 Å². The minimum atomic E-state index is -0.0306. The molecule has 2 aromatic heterocycles. The Bertz CT molecular complexity index is 929. The van der Waals surface area contributed by atoms with E-state index < -0.39 is 0 Å². The van der Waals surface area contributed by atoms with Crippen molar-refractivity contribution in [2.45, 2.75) is 32.7 Å². The molecule has 0 radical (unpaired) electrons. The Hall–Kier alpha value is -1.72. The highest BCUT2D eigenvalue weighted by Crippen LogP contribution is 2.35. The van der Waals surface area contributed by atoms with Crippen molar-refractivity contribution in [3.05, 3.63) is 55.6 Å². The summed E-state index contributed by atoms with van der Waals surface area (Å²) in [6.45, 7) is 2.68. The van der Waals surface area contributed by atoms with Crippen LogP contribution in [0.25, 0.3) is 10.2 Å². The first kappa shape index (κ1) is 14.8. The molecule has 0 unspecified atom stereocenters. The molecule has 4 rings (SSSR count). The van der Waals surface area contributed by atoms with Crippen LogP contribution in [0.15, 0.2) is 29.1 Å². The molecule has 0 amide bonds. The Morgan fingerprint density at radius 3 is 2.91 bits per heavy atom. The monoisotopic (exact) mass is 345 g/mol. The van der Waals surface area contributed by atoms with Gasteiger partial charge in [0.25, 0.3) is 5.56 Å². The maximum Gasteiger partial charge on any atom is 0.279 e. The van der Waals surface area contributed by atoms with Crippen LogP contribution in [0.5, 0.6) is 0 Å². The average molecular weight is 346 g/mol. The molecule has 3 aromatic rings. The lowest BCUT2D eigenvalue weighted by atomic mass is 9.89. The number of hydrogen-bond donors (Lipinski definition) is 0. The van der Waals surface area contributed by atoms with Gasteiger partial charge in [0.05, 0.1) is 11.9 Å². The van der Waals surface area contributed by atoms with Gasteiger partial charge >= 0.3 is 0 Å². The van der Waals surface area contributed by atoms with Crippen molar-refractivity contribution in [2.75, 3.05) is 0 Å². The number of benzene rings is 1. The van der Waals surface area contributed by atoms with Gasteiger partial charge in [0.1, 0.15) is 0 Å². The zero-order chi connectivity index (χ0) is 16.0. The lowest BCUT2D eigenvalue weighted by Gasteiger charge is -2.17. The number of rotatable bonds is 2. The van der Waals surface area contributed by atoms with Gasteiger partial charge in [-0.05, 0) is 48.4 Å². The maximum atomic E-state index is 12.9. The summed E-state index contributed by atoms with van der Waals surface area (Å²) in [5.41, 5.74) is 2.16. The second-order valence-electron chi connectivity index (χ2n) is 6.21. The molecule has 0 N–H and O–H groups in total. The SMILES string of the molecule is C[C@@H]1CCc2c(sc3nnn(Cc4ccc(Cl)cc4)c(=O)c23)C1. The van der Waals surface area contributed by atoms with Crippen molar-refractivity contribution in [1.82, 2.24) is 15.0 Å². The molecule has 0 bridgehead atoms. The number of fused-ring (bicyclic) bond motifs is 3. The second kappa shape index (κ2) is 5.73. The summed E-state index contributed by atoms with van der Waals surface area (Å²) in [7, 11) is 0. The molecule has 0 aliphatic heterocycles. The van der Waals surface area contributed by atoms with Gasteiger partial charge in [-0.25, -0.2) is 4.68 Å². The van der Waals surface area contributed by atoms with E-state index in [-0.39, 0.29) is 5.56 Å². The highest BCUT2D eigenvalue weighted by molar-refractivity contribution is 7.18. The molecule has 0 saturated carbocycles. The van der Waals surface area contributed by atoms with E-state index in [1.54, 1.807) is 11.3 Å². The number of aryl methyl sites for hydroxylation is 1. The molecule has 1 aromatic carbocycles. The molecule has 1 aliphatic carbocycles. The number of aromatic nitrogens is 3. The van der Waals surface area contributed by atoms with Crippen molar-refractivity contribution in [2.24, 2.45) is 5.92 Å². The van der Waals surface area contributed by atoms with Crippen LogP contribution in [0.1, 0.15) is 29.3 Å². The third-order valence-corrected chi connectivity index (χ3v) is 5.82. The Kier molecular flexibility index (Phi) is 3.70. The molecule has 118 valence electrons. The van der Waals surface area contributed by atoms with E-state index in [4.69, 9.17) is 11.6 Å². The highest BCUT2D eigenvalue weighted by Gasteiger charge is 2.23. The molecule has 1 aliphatic rings. The summed E-state index contributed by atoms with van der Waals surface area (Å²) in [6, 6.07) is 7.46. The van der Waals surface area contributed by atoms with E-state index in [1.165, 1.54) is 15.1 Å². The van der Waals surface area contributed by atoms with Crippen molar-refractivity contribution in [3.8, 4) is 0 Å². The summed E-state index contributed by atoms with van der Waals surface area (Å²) >= 11 is 7.54.